The van der Waals surface area contributed by atoms with Gasteiger partial charge in [0.2, 0.25) is 0 Å². The summed E-state index contributed by atoms with van der Waals surface area (Å²) in [5, 5.41) is 6.33. The number of aromatic nitrogens is 1. The number of nitrogens with one attached hydrogen (secondary N) is 1. The molecule has 2 rings (SSSR count). The third-order valence-corrected chi connectivity index (χ3v) is 5.03. The Morgan fingerprint density at radius 1 is 1.04 bits per heavy atom. The van der Waals surface area contributed by atoms with E-state index in [0.717, 1.165) is 4.90 Å². The van der Waals surface area contributed by atoms with Gasteiger partial charge < -0.3 is 0 Å². The number of allylic oxidation sites excluding steroid dienone is 1. The molecule has 0 aliphatic carbocycles. The van der Waals surface area contributed by atoms with E-state index in [1.165, 1.54) is 24.3 Å². The van der Waals surface area contributed by atoms with Gasteiger partial charge in [0, 0.05) is 5.56 Å². The van der Waals surface area contributed by atoms with Gasteiger partial charge in [-0.2, -0.15) is 0 Å². The van der Waals surface area contributed by atoms with Crippen molar-refractivity contribution in [1.29, 1.82) is 5.41 Å². The number of carbonyl (C=O) groups is 2. The van der Waals surface area contributed by atoms with E-state index in [9.17, 15) is 9.59 Å². The van der Waals surface area contributed by atoms with Gasteiger partial charge in [-0.3, -0.25) is 15.0 Å². The quantitative estimate of drug-likeness (QED) is 0.249. The van der Waals surface area contributed by atoms with Crippen molar-refractivity contribution in [1.82, 2.24) is 4.98 Å². The number of anilines is 1. The van der Waals surface area contributed by atoms with Crippen LogP contribution in [0, 0.1) is 5.41 Å². The molecule has 11 heteroatoms. The molecule has 2 amide bonds. The minimum Gasteiger partial charge on any atom is -0.288 e. The fourth-order valence-corrected chi connectivity index (χ4v) is 3.10. The number of carbonyl (C=O) groups excluding carboxylic acids is 2. The number of rotatable bonds is 4. The van der Waals surface area contributed by atoms with Crippen molar-refractivity contribution in [2.24, 2.45) is 0 Å². The Kier molecular flexibility index (Phi) is 7.56. The van der Waals surface area contributed by atoms with Crippen molar-refractivity contribution in [3.8, 4) is 0 Å². The van der Waals surface area contributed by atoms with Gasteiger partial charge in [0.15, 0.2) is 0 Å². The highest BCUT2D eigenvalue weighted by Gasteiger charge is 2.30. The second-order valence-electron chi connectivity index (χ2n) is 4.87. The molecule has 0 bridgehead atoms. The van der Waals surface area contributed by atoms with Crippen molar-refractivity contribution in [3.63, 3.8) is 0 Å². The Morgan fingerprint density at radius 3 is 2.11 bits per heavy atom. The highest BCUT2D eigenvalue weighted by molar-refractivity contribution is 7.85. The molecule has 0 spiro atoms. The summed E-state index contributed by atoms with van der Waals surface area (Å²) >= 11 is 33.2. The largest absolute Gasteiger partial charge is 0.288 e. The maximum atomic E-state index is 13.1. The van der Waals surface area contributed by atoms with Gasteiger partial charge in [-0.15, -0.1) is 12.6 Å². The molecule has 27 heavy (non-hydrogen) atoms. The van der Waals surface area contributed by atoms with Crippen LogP contribution in [0.4, 0.5) is 5.69 Å². The lowest BCUT2D eigenvalue weighted by molar-refractivity contribution is -0.113. The van der Waals surface area contributed by atoms with Crippen LogP contribution in [0.5, 0.6) is 0 Å². The minimum absolute atomic E-state index is 0.0218. The standard InChI is InChI=1S/C16H8Cl5N3O2S/c17-8-3-1-2-4-9(8)24(16(26)13(27)12(20)14(21)22)15(25)7-5-10(18)23-11(19)6-7/h1-6,22,27H/b13-12+,22-14?. The van der Waals surface area contributed by atoms with E-state index in [-0.39, 0.29) is 26.6 Å². The number of imide groups is 1. The predicted molar refractivity (Wildman–Crippen MR) is 113 cm³/mol. The van der Waals surface area contributed by atoms with Gasteiger partial charge in [0.25, 0.3) is 11.8 Å². The molecular weight excluding hydrogens is 476 g/mol. The lowest BCUT2D eigenvalue weighted by Gasteiger charge is -2.22. The van der Waals surface area contributed by atoms with Crippen LogP contribution in [0.2, 0.25) is 15.3 Å². The zero-order valence-electron chi connectivity index (χ0n) is 13.0. The second-order valence-corrected chi connectivity index (χ2v) is 7.26. The number of nitrogens with zero attached hydrogens (tertiary/aromatic N) is 2. The molecule has 0 saturated carbocycles. The molecule has 5 nitrogen and oxygen atoms in total. The number of benzene rings is 1. The summed E-state index contributed by atoms with van der Waals surface area (Å²) in [6.07, 6.45) is 0. The monoisotopic (exact) mass is 481 g/mol. The Hall–Kier alpha value is -1.28. The van der Waals surface area contributed by atoms with Gasteiger partial charge in [0.1, 0.15) is 15.5 Å². The van der Waals surface area contributed by atoms with E-state index in [0.29, 0.717) is 0 Å². The molecule has 1 heterocycles. The third kappa shape index (κ3) is 5.16. The zero-order valence-corrected chi connectivity index (χ0v) is 17.7. The van der Waals surface area contributed by atoms with E-state index < -0.39 is 26.9 Å². The molecule has 2 aromatic rings. The van der Waals surface area contributed by atoms with Crippen LogP contribution < -0.4 is 4.90 Å². The number of amides is 2. The molecule has 0 aliphatic heterocycles. The molecule has 0 saturated heterocycles. The van der Waals surface area contributed by atoms with Crippen molar-refractivity contribution in [2.45, 2.75) is 0 Å². The Labute approximate surface area is 184 Å². The van der Waals surface area contributed by atoms with Crippen LogP contribution >= 0.6 is 70.6 Å². The molecule has 0 unspecified atom stereocenters. The Morgan fingerprint density at radius 2 is 1.59 bits per heavy atom. The van der Waals surface area contributed by atoms with E-state index in [4.69, 9.17) is 63.4 Å². The minimum atomic E-state index is -0.948. The SMILES string of the molecule is N=C(Cl)/C(Cl)=C(\S)C(=O)N(C(=O)c1cc(Cl)nc(Cl)c1)c1ccccc1Cl. The van der Waals surface area contributed by atoms with Crippen LogP contribution in [-0.2, 0) is 4.79 Å². The van der Waals surface area contributed by atoms with Crippen molar-refractivity contribution in [3.05, 3.63) is 67.2 Å². The molecule has 1 aromatic heterocycles. The Bertz CT molecular complexity index is 960. The van der Waals surface area contributed by atoms with E-state index in [1.807, 2.05) is 0 Å². The van der Waals surface area contributed by atoms with E-state index in [2.05, 4.69) is 17.6 Å². The van der Waals surface area contributed by atoms with Crippen LogP contribution in [0.1, 0.15) is 10.4 Å². The van der Waals surface area contributed by atoms with Crippen molar-refractivity contribution < 1.29 is 9.59 Å². The number of hydrogen-bond donors (Lipinski definition) is 2. The summed E-state index contributed by atoms with van der Waals surface area (Å²) in [5.74, 6) is -1.76. The van der Waals surface area contributed by atoms with Crippen molar-refractivity contribution in [2.75, 3.05) is 4.90 Å². The number of hydrogen-bond acceptors (Lipinski definition) is 5. The summed E-state index contributed by atoms with van der Waals surface area (Å²) < 4.78 is 0. The molecule has 1 aromatic carbocycles. The first-order chi connectivity index (χ1) is 12.6. The molecular formula is C16H8Cl5N3O2S. The summed E-state index contributed by atoms with van der Waals surface area (Å²) in [6.45, 7) is 0. The summed E-state index contributed by atoms with van der Waals surface area (Å²) in [4.78, 5) is 30.0. The zero-order chi connectivity index (χ0) is 20.3. The van der Waals surface area contributed by atoms with Crippen LogP contribution in [0.3, 0.4) is 0 Å². The van der Waals surface area contributed by atoms with Crippen LogP contribution in [0.25, 0.3) is 0 Å². The number of pyridine rings is 1. The number of para-hydroxylation sites is 1. The van der Waals surface area contributed by atoms with E-state index >= 15 is 0 Å². The van der Waals surface area contributed by atoms with Crippen molar-refractivity contribution >= 4 is 93.3 Å². The van der Waals surface area contributed by atoms with Crippen LogP contribution in [0.15, 0.2) is 46.3 Å². The first kappa shape index (κ1) is 22.0. The topological polar surface area (TPSA) is 74.1 Å². The molecule has 140 valence electrons. The van der Waals surface area contributed by atoms with Gasteiger partial charge in [-0.1, -0.05) is 70.1 Å². The van der Waals surface area contributed by atoms with Gasteiger partial charge in [-0.25, -0.2) is 9.88 Å². The number of thiol groups is 1. The average molecular weight is 484 g/mol. The van der Waals surface area contributed by atoms with Gasteiger partial charge >= 0.3 is 0 Å². The molecule has 1 N–H and O–H groups in total. The smallest absolute Gasteiger partial charge is 0.273 e. The summed E-state index contributed by atoms with van der Waals surface area (Å²) in [6, 6.07) is 8.61. The van der Waals surface area contributed by atoms with Crippen LogP contribution in [-0.4, -0.2) is 22.0 Å². The Balaban J connectivity index is 2.66. The first-order valence-electron chi connectivity index (χ1n) is 6.93. The molecule has 0 radical (unpaired) electrons. The fourth-order valence-electron chi connectivity index (χ4n) is 1.97. The maximum Gasteiger partial charge on any atom is 0.273 e. The first-order valence-corrected chi connectivity index (χ1v) is 9.26. The number of halogens is 5. The highest BCUT2D eigenvalue weighted by Crippen LogP contribution is 2.31. The highest BCUT2D eigenvalue weighted by atomic mass is 35.5. The fraction of sp³-hybridized carbons (Fsp3) is 0. The average Bonchev–Trinajstić information content (AvgIpc) is 2.61. The predicted octanol–water partition coefficient (Wildman–Crippen LogP) is 5.81. The van der Waals surface area contributed by atoms with Gasteiger partial charge in [-0.05, 0) is 24.3 Å². The third-order valence-electron chi connectivity index (χ3n) is 3.11. The second kappa shape index (κ2) is 9.28. The van der Waals surface area contributed by atoms with E-state index in [1.54, 1.807) is 12.1 Å². The molecule has 0 fully saturated rings. The molecule has 0 aliphatic rings. The summed E-state index contributed by atoms with van der Waals surface area (Å²) in [7, 11) is 0. The summed E-state index contributed by atoms with van der Waals surface area (Å²) in [5.41, 5.74) is 0.0434. The normalized spacial score (nSPS) is 11.6. The molecule has 0 atom stereocenters. The lowest BCUT2D eigenvalue weighted by atomic mass is 10.2. The van der Waals surface area contributed by atoms with Gasteiger partial charge in [0.05, 0.1) is 20.6 Å². The lowest BCUT2D eigenvalue weighted by Crippen LogP contribution is -2.38. The maximum absolute atomic E-state index is 13.1.